The number of piperazine rings is 1. The number of aryl methyl sites for hydroxylation is 2. The Labute approximate surface area is 220 Å². The number of ether oxygens (including phenoxy) is 1. The number of rotatable bonds is 5. The van der Waals surface area contributed by atoms with Crippen LogP contribution in [0.3, 0.4) is 0 Å². The van der Waals surface area contributed by atoms with Crippen LogP contribution in [0.4, 0.5) is 5.69 Å². The number of aromatic nitrogens is 6. The Morgan fingerprint density at radius 2 is 1.84 bits per heavy atom. The first kappa shape index (κ1) is 24.1. The predicted octanol–water partition coefficient (Wildman–Crippen LogP) is 2.29. The number of nitrogens with zero attached hydrogens (tertiary/aromatic N) is 7. The summed E-state index contributed by atoms with van der Waals surface area (Å²) >= 11 is 0. The van der Waals surface area contributed by atoms with Gasteiger partial charge in [-0.2, -0.15) is 5.10 Å². The van der Waals surface area contributed by atoms with Crippen LogP contribution in [0, 0.1) is 6.92 Å². The number of anilines is 1. The zero-order valence-corrected chi connectivity index (χ0v) is 21.9. The van der Waals surface area contributed by atoms with E-state index in [9.17, 15) is 4.79 Å². The smallest absolute Gasteiger partial charge is 0.254 e. The number of hydrogen-bond donors (Lipinski definition) is 2. The van der Waals surface area contributed by atoms with Gasteiger partial charge >= 0.3 is 0 Å². The van der Waals surface area contributed by atoms with E-state index < -0.39 is 0 Å². The zero-order chi connectivity index (χ0) is 26.4. The van der Waals surface area contributed by atoms with E-state index in [0.717, 1.165) is 35.8 Å². The molecule has 196 valence electrons. The lowest BCUT2D eigenvalue weighted by molar-refractivity contribution is 0.0942. The monoisotopic (exact) mass is 513 g/mol. The minimum absolute atomic E-state index is 0.216. The molecule has 0 radical (unpaired) electrons. The average molecular weight is 514 g/mol. The second-order valence-corrected chi connectivity index (χ2v) is 10.2. The molecule has 0 spiro atoms. The Kier molecular flexibility index (Phi) is 6.07. The molecule has 1 saturated heterocycles. The molecule has 0 saturated carbocycles. The summed E-state index contributed by atoms with van der Waals surface area (Å²) in [6.07, 6.45) is 10.6. The third kappa shape index (κ3) is 4.60. The minimum Gasteiger partial charge on any atom is -0.450 e. The van der Waals surface area contributed by atoms with Gasteiger partial charge in [0, 0.05) is 57.4 Å². The molecule has 1 amide bonds. The van der Waals surface area contributed by atoms with Gasteiger partial charge < -0.3 is 24.8 Å². The Bertz CT molecular complexity index is 1530. The lowest BCUT2D eigenvalue weighted by Crippen LogP contribution is -2.54. The third-order valence-corrected chi connectivity index (χ3v) is 6.84. The van der Waals surface area contributed by atoms with E-state index in [1.807, 2.05) is 42.9 Å². The number of amides is 1. The summed E-state index contributed by atoms with van der Waals surface area (Å²) in [5.74, 6) is 1.68. The number of benzene rings is 1. The molecule has 3 atom stereocenters. The van der Waals surface area contributed by atoms with E-state index in [2.05, 4.69) is 49.4 Å². The van der Waals surface area contributed by atoms with Crippen molar-refractivity contribution in [2.24, 2.45) is 7.05 Å². The van der Waals surface area contributed by atoms with Crippen LogP contribution in [0.25, 0.3) is 16.8 Å². The Morgan fingerprint density at radius 1 is 1.08 bits per heavy atom. The van der Waals surface area contributed by atoms with Crippen molar-refractivity contribution in [3.63, 3.8) is 0 Å². The van der Waals surface area contributed by atoms with E-state index in [1.54, 1.807) is 29.5 Å². The summed E-state index contributed by atoms with van der Waals surface area (Å²) in [6.45, 7) is 8.56. The highest BCUT2D eigenvalue weighted by molar-refractivity contribution is 6.07. The molecular weight excluding hydrogens is 482 g/mol. The van der Waals surface area contributed by atoms with Crippen LogP contribution < -0.4 is 20.3 Å². The molecule has 38 heavy (non-hydrogen) atoms. The van der Waals surface area contributed by atoms with Gasteiger partial charge in [0.15, 0.2) is 17.3 Å². The number of fused-ring (bicyclic) bond motifs is 2. The maximum atomic E-state index is 13.6. The fourth-order valence-electron chi connectivity index (χ4n) is 5.40. The fraction of sp³-hybridized carbons (Fsp3) is 0.370. The lowest BCUT2D eigenvalue weighted by Gasteiger charge is -2.38. The molecule has 11 nitrogen and oxygen atoms in total. The lowest BCUT2D eigenvalue weighted by atomic mass is 10.1. The van der Waals surface area contributed by atoms with E-state index in [4.69, 9.17) is 4.74 Å². The SMILES string of the molecule is Cc1cn2c(n1)C(Oc1cnn(C)c1)=CC(NC(=O)c1ccc(N3C[C@@H](C)N[C@H](C)C3)c3nccnc13)C2. The van der Waals surface area contributed by atoms with Gasteiger partial charge in [0.05, 0.1) is 35.4 Å². The summed E-state index contributed by atoms with van der Waals surface area (Å²) in [6, 6.07) is 4.24. The van der Waals surface area contributed by atoms with Crippen LogP contribution in [0.5, 0.6) is 5.75 Å². The highest BCUT2D eigenvalue weighted by Crippen LogP contribution is 2.29. The van der Waals surface area contributed by atoms with Crippen molar-refractivity contribution in [2.75, 3.05) is 18.0 Å². The number of carbonyl (C=O) groups excluding carboxylic acids is 1. The molecule has 2 aliphatic heterocycles. The van der Waals surface area contributed by atoms with Gasteiger partial charge in [-0.15, -0.1) is 0 Å². The molecule has 5 heterocycles. The second-order valence-electron chi connectivity index (χ2n) is 10.2. The van der Waals surface area contributed by atoms with Crippen LogP contribution in [0.2, 0.25) is 0 Å². The van der Waals surface area contributed by atoms with Gasteiger partial charge in [-0.3, -0.25) is 19.4 Å². The summed E-state index contributed by atoms with van der Waals surface area (Å²) in [5, 5.41) is 10.9. The number of nitrogens with one attached hydrogen (secondary N) is 2. The molecule has 6 rings (SSSR count). The van der Waals surface area contributed by atoms with Crippen LogP contribution in [-0.4, -0.2) is 66.4 Å². The summed E-state index contributed by atoms with van der Waals surface area (Å²) < 4.78 is 9.79. The molecule has 4 aromatic rings. The molecule has 2 N–H and O–H groups in total. The molecule has 0 aliphatic carbocycles. The number of imidazole rings is 1. The Morgan fingerprint density at radius 3 is 2.58 bits per heavy atom. The highest BCUT2D eigenvalue weighted by Gasteiger charge is 2.27. The second kappa shape index (κ2) is 9.56. The third-order valence-electron chi connectivity index (χ3n) is 6.84. The van der Waals surface area contributed by atoms with E-state index in [0.29, 0.717) is 41.2 Å². The van der Waals surface area contributed by atoms with E-state index >= 15 is 0 Å². The maximum absolute atomic E-state index is 13.6. The molecule has 1 aromatic carbocycles. The van der Waals surface area contributed by atoms with Gasteiger partial charge in [-0.05, 0) is 39.0 Å². The number of hydrogen-bond acceptors (Lipinski definition) is 8. The van der Waals surface area contributed by atoms with Crippen molar-refractivity contribution >= 4 is 28.4 Å². The van der Waals surface area contributed by atoms with Crippen LogP contribution in [0.1, 0.15) is 35.7 Å². The largest absolute Gasteiger partial charge is 0.450 e. The normalized spacial score (nSPS) is 21.2. The van der Waals surface area contributed by atoms with E-state index in [1.165, 1.54) is 0 Å². The maximum Gasteiger partial charge on any atom is 0.254 e. The van der Waals surface area contributed by atoms with Gasteiger partial charge in [-0.25, -0.2) is 4.98 Å². The molecule has 2 aliphatic rings. The van der Waals surface area contributed by atoms with Gasteiger partial charge in [0.25, 0.3) is 5.91 Å². The van der Waals surface area contributed by atoms with Crippen molar-refractivity contribution in [3.05, 3.63) is 66.3 Å². The Balaban J connectivity index is 1.29. The van der Waals surface area contributed by atoms with Crippen molar-refractivity contribution in [3.8, 4) is 5.75 Å². The average Bonchev–Trinajstić information content (AvgIpc) is 3.46. The summed E-state index contributed by atoms with van der Waals surface area (Å²) in [7, 11) is 1.83. The fourth-order valence-corrected chi connectivity index (χ4v) is 5.40. The zero-order valence-electron chi connectivity index (χ0n) is 21.9. The molecule has 3 aromatic heterocycles. The van der Waals surface area contributed by atoms with Crippen molar-refractivity contribution in [1.82, 2.24) is 39.9 Å². The van der Waals surface area contributed by atoms with Gasteiger partial charge in [0.1, 0.15) is 11.0 Å². The molecular formula is C27H31N9O2. The molecule has 11 heteroatoms. The first-order chi connectivity index (χ1) is 18.3. The first-order valence-corrected chi connectivity index (χ1v) is 12.8. The van der Waals surface area contributed by atoms with Crippen LogP contribution in [0.15, 0.2) is 49.2 Å². The summed E-state index contributed by atoms with van der Waals surface area (Å²) in [5.41, 5.74) is 3.68. The summed E-state index contributed by atoms with van der Waals surface area (Å²) in [4.78, 5) is 29.7. The first-order valence-electron chi connectivity index (χ1n) is 12.8. The minimum atomic E-state index is -0.309. The molecule has 0 bridgehead atoms. The van der Waals surface area contributed by atoms with Crippen LogP contribution in [-0.2, 0) is 13.6 Å². The van der Waals surface area contributed by atoms with Crippen molar-refractivity contribution in [2.45, 2.75) is 45.4 Å². The molecule has 1 unspecified atom stereocenters. The van der Waals surface area contributed by atoms with Crippen molar-refractivity contribution < 1.29 is 9.53 Å². The predicted molar refractivity (Wildman–Crippen MR) is 144 cm³/mol. The number of carbonyl (C=O) groups is 1. The molecule has 1 fully saturated rings. The Hall–Kier alpha value is -4.25. The van der Waals surface area contributed by atoms with Crippen molar-refractivity contribution in [1.29, 1.82) is 0 Å². The van der Waals surface area contributed by atoms with Gasteiger partial charge in [0.2, 0.25) is 0 Å². The van der Waals surface area contributed by atoms with Gasteiger partial charge in [-0.1, -0.05) is 0 Å². The topological polar surface area (TPSA) is 115 Å². The van der Waals surface area contributed by atoms with E-state index in [-0.39, 0.29) is 11.9 Å². The van der Waals surface area contributed by atoms with Crippen LogP contribution >= 0.6 is 0 Å². The standard InChI is InChI=1S/C27H31N9O2/c1-16-11-35(12-17(2)31-16)22-6-5-21(24-25(22)29-8-7-28-24)27(37)33-19-9-23(38-20-10-30-34(4)15-20)26-32-18(3)13-36(26)14-19/h5-10,13,15-17,19,31H,11-12,14H2,1-4H3,(H,33,37)/t16-,17-,19?/m1/s1. The quantitative estimate of drug-likeness (QED) is 0.418. The highest BCUT2D eigenvalue weighted by atomic mass is 16.5.